The van der Waals surface area contributed by atoms with Crippen LogP contribution in [0.25, 0.3) is 0 Å². The van der Waals surface area contributed by atoms with Crippen LogP contribution in [0, 0.1) is 5.82 Å². The highest BCUT2D eigenvalue weighted by atomic mass is 32.2. The Hall–Kier alpha value is -3.39. The van der Waals surface area contributed by atoms with E-state index < -0.39 is 10.0 Å². The fourth-order valence-electron chi connectivity index (χ4n) is 4.67. The molecule has 3 aromatic carbocycles. The number of aryl methyl sites for hydroxylation is 1. The molecule has 0 N–H and O–H groups in total. The lowest BCUT2D eigenvalue weighted by molar-refractivity contribution is 0.0746. The Bertz CT molecular complexity index is 1290. The maximum atomic E-state index is 13.2. The molecule has 176 valence electrons. The van der Waals surface area contributed by atoms with Gasteiger partial charge in [-0.25, -0.2) is 12.8 Å². The van der Waals surface area contributed by atoms with Gasteiger partial charge in [-0.2, -0.15) is 0 Å². The molecule has 0 spiro atoms. The Balaban J connectivity index is 1.31. The van der Waals surface area contributed by atoms with Gasteiger partial charge in [-0.05, 0) is 73.0 Å². The van der Waals surface area contributed by atoms with Crippen molar-refractivity contribution in [1.29, 1.82) is 0 Å². The first-order valence-electron chi connectivity index (χ1n) is 11.4. The number of amides is 1. The summed E-state index contributed by atoms with van der Waals surface area (Å²) < 4.78 is 41.1. The molecule has 0 aliphatic carbocycles. The maximum Gasteiger partial charge on any atom is 0.264 e. The van der Waals surface area contributed by atoms with Gasteiger partial charge < -0.3 is 9.80 Å². The molecular formula is C26H26FN3O3S. The predicted molar refractivity (Wildman–Crippen MR) is 130 cm³/mol. The molecule has 2 heterocycles. The van der Waals surface area contributed by atoms with Gasteiger partial charge in [0.05, 0.1) is 10.6 Å². The van der Waals surface area contributed by atoms with Crippen molar-refractivity contribution < 1.29 is 17.6 Å². The summed E-state index contributed by atoms with van der Waals surface area (Å²) in [6.45, 7) is 2.91. The fraction of sp³-hybridized carbons (Fsp3) is 0.269. The smallest absolute Gasteiger partial charge is 0.264 e. The van der Waals surface area contributed by atoms with Crippen molar-refractivity contribution >= 4 is 27.3 Å². The van der Waals surface area contributed by atoms with Crippen molar-refractivity contribution in [2.45, 2.75) is 17.7 Å². The largest absolute Gasteiger partial charge is 0.368 e. The lowest BCUT2D eigenvalue weighted by Gasteiger charge is -2.36. The van der Waals surface area contributed by atoms with Crippen LogP contribution in [-0.2, 0) is 16.4 Å². The first-order chi connectivity index (χ1) is 16.4. The average Bonchev–Trinajstić information content (AvgIpc) is 2.88. The summed E-state index contributed by atoms with van der Waals surface area (Å²) in [7, 11) is -3.66. The first kappa shape index (κ1) is 22.4. The Labute approximate surface area is 199 Å². The molecule has 0 unspecified atom stereocenters. The van der Waals surface area contributed by atoms with Gasteiger partial charge in [0.25, 0.3) is 15.9 Å². The van der Waals surface area contributed by atoms with Gasteiger partial charge in [0.2, 0.25) is 0 Å². The Morgan fingerprint density at radius 2 is 1.53 bits per heavy atom. The second-order valence-electron chi connectivity index (χ2n) is 8.59. The van der Waals surface area contributed by atoms with E-state index in [0.717, 1.165) is 17.7 Å². The standard InChI is InChI=1S/C26H26FN3O3S/c27-22-9-11-23(12-10-22)28-15-17-29(18-16-28)26(31)21-8-13-25-20(19-21)5-4-14-30(25)34(32,33)24-6-2-1-3-7-24/h1-3,6-13,19H,4-5,14-18H2. The molecule has 3 aromatic rings. The quantitative estimate of drug-likeness (QED) is 0.569. The zero-order valence-electron chi connectivity index (χ0n) is 18.7. The number of fused-ring (bicyclic) bond motifs is 1. The van der Waals surface area contributed by atoms with Crippen molar-refractivity contribution in [3.05, 3.63) is 89.7 Å². The minimum Gasteiger partial charge on any atom is -0.368 e. The number of hydrogen-bond acceptors (Lipinski definition) is 4. The zero-order chi connectivity index (χ0) is 23.7. The molecule has 0 bridgehead atoms. The number of benzene rings is 3. The Kier molecular flexibility index (Phi) is 6.00. The van der Waals surface area contributed by atoms with E-state index in [1.807, 2.05) is 11.0 Å². The van der Waals surface area contributed by atoms with Crippen LogP contribution in [0.2, 0.25) is 0 Å². The van der Waals surface area contributed by atoms with Gasteiger partial charge in [0, 0.05) is 44.0 Å². The molecule has 6 nitrogen and oxygen atoms in total. The van der Waals surface area contributed by atoms with Gasteiger partial charge in [-0.15, -0.1) is 0 Å². The van der Waals surface area contributed by atoms with Crippen molar-refractivity contribution in [2.24, 2.45) is 0 Å². The minimum atomic E-state index is -3.66. The molecule has 0 atom stereocenters. The van der Waals surface area contributed by atoms with Gasteiger partial charge >= 0.3 is 0 Å². The van der Waals surface area contributed by atoms with E-state index >= 15 is 0 Å². The van der Waals surface area contributed by atoms with Gasteiger partial charge in [0.15, 0.2) is 0 Å². The summed E-state index contributed by atoms with van der Waals surface area (Å²) in [5, 5.41) is 0. The summed E-state index contributed by atoms with van der Waals surface area (Å²) in [5.74, 6) is -0.315. The molecule has 34 heavy (non-hydrogen) atoms. The van der Waals surface area contributed by atoms with Crippen molar-refractivity contribution in [3.8, 4) is 0 Å². The summed E-state index contributed by atoms with van der Waals surface area (Å²) in [5.41, 5.74) is 3.05. The third-order valence-electron chi connectivity index (χ3n) is 6.49. The molecule has 2 aliphatic heterocycles. The van der Waals surface area contributed by atoms with E-state index in [9.17, 15) is 17.6 Å². The highest BCUT2D eigenvalue weighted by Gasteiger charge is 2.30. The summed E-state index contributed by atoms with van der Waals surface area (Å²) >= 11 is 0. The Morgan fingerprint density at radius 3 is 2.24 bits per heavy atom. The first-order valence-corrected chi connectivity index (χ1v) is 12.9. The van der Waals surface area contributed by atoms with E-state index in [2.05, 4.69) is 4.90 Å². The number of rotatable bonds is 4. The third-order valence-corrected chi connectivity index (χ3v) is 8.32. The van der Waals surface area contributed by atoms with Crippen LogP contribution in [0.5, 0.6) is 0 Å². The number of nitrogens with zero attached hydrogens (tertiary/aromatic N) is 3. The summed E-state index contributed by atoms with van der Waals surface area (Å²) in [4.78, 5) is 17.4. The number of hydrogen-bond donors (Lipinski definition) is 0. The number of piperazine rings is 1. The van der Waals surface area contributed by atoms with E-state index in [-0.39, 0.29) is 16.6 Å². The molecular weight excluding hydrogens is 453 g/mol. The van der Waals surface area contributed by atoms with Crippen LogP contribution in [0.4, 0.5) is 15.8 Å². The van der Waals surface area contributed by atoms with E-state index in [1.165, 1.54) is 16.4 Å². The van der Waals surface area contributed by atoms with E-state index in [1.54, 1.807) is 54.6 Å². The Morgan fingerprint density at radius 1 is 0.824 bits per heavy atom. The van der Waals surface area contributed by atoms with Gasteiger partial charge in [0.1, 0.15) is 5.82 Å². The van der Waals surface area contributed by atoms with Gasteiger partial charge in [-0.1, -0.05) is 18.2 Å². The van der Waals surface area contributed by atoms with Crippen molar-refractivity contribution in [1.82, 2.24) is 4.90 Å². The summed E-state index contributed by atoms with van der Waals surface area (Å²) in [6, 6.07) is 20.2. The van der Waals surface area contributed by atoms with E-state index in [4.69, 9.17) is 0 Å². The number of anilines is 2. The molecule has 0 radical (unpaired) electrons. The number of sulfonamides is 1. The fourth-order valence-corrected chi connectivity index (χ4v) is 6.23. The van der Waals surface area contributed by atoms with Crippen LogP contribution < -0.4 is 9.21 Å². The van der Waals surface area contributed by atoms with E-state index in [0.29, 0.717) is 50.4 Å². The lowest BCUT2D eigenvalue weighted by Crippen LogP contribution is -2.48. The molecule has 5 rings (SSSR count). The highest BCUT2D eigenvalue weighted by molar-refractivity contribution is 7.92. The van der Waals surface area contributed by atoms with Crippen molar-refractivity contribution in [2.75, 3.05) is 41.9 Å². The topological polar surface area (TPSA) is 60.9 Å². The molecule has 1 amide bonds. The zero-order valence-corrected chi connectivity index (χ0v) is 19.5. The number of carbonyl (C=O) groups excluding carboxylic acids is 1. The molecule has 8 heteroatoms. The highest BCUT2D eigenvalue weighted by Crippen LogP contribution is 2.33. The van der Waals surface area contributed by atoms with Gasteiger partial charge in [-0.3, -0.25) is 9.10 Å². The average molecular weight is 480 g/mol. The molecule has 2 aliphatic rings. The number of halogens is 1. The van der Waals surface area contributed by atoms with Crippen LogP contribution in [-0.4, -0.2) is 51.9 Å². The minimum absolute atomic E-state index is 0.0513. The van der Waals surface area contributed by atoms with Crippen LogP contribution >= 0.6 is 0 Å². The molecule has 0 aromatic heterocycles. The van der Waals surface area contributed by atoms with Crippen LogP contribution in [0.15, 0.2) is 77.7 Å². The SMILES string of the molecule is O=C(c1ccc2c(c1)CCCN2S(=O)(=O)c1ccccc1)N1CCN(c2ccc(F)cc2)CC1. The normalized spacial score (nSPS) is 16.3. The number of carbonyl (C=O) groups is 1. The third kappa shape index (κ3) is 4.25. The van der Waals surface area contributed by atoms with Crippen LogP contribution in [0.1, 0.15) is 22.3 Å². The van der Waals surface area contributed by atoms with Crippen LogP contribution in [0.3, 0.4) is 0 Å². The second-order valence-corrected chi connectivity index (χ2v) is 10.5. The molecule has 0 saturated carbocycles. The maximum absolute atomic E-state index is 13.2. The lowest BCUT2D eigenvalue weighted by atomic mass is 10.00. The predicted octanol–water partition coefficient (Wildman–Crippen LogP) is 3.93. The summed E-state index contributed by atoms with van der Waals surface area (Å²) in [6.07, 6.45) is 1.43. The molecule has 1 fully saturated rings. The van der Waals surface area contributed by atoms with Crippen molar-refractivity contribution in [3.63, 3.8) is 0 Å². The second kappa shape index (κ2) is 9.10. The monoisotopic (exact) mass is 479 g/mol. The molecule has 1 saturated heterocycles.